The summed E-state index contributed by atoms with van der Waals surface area (Å²) in [6.45, 7) is 0.816. The minimum absolute atomic E-state index is 0.000585. The summed E-state index contributed by atoms with van der Waals surface area (Å²) in [5.41, 5.74) is 5.37. The molecule has 2 amide bonds. The van der Waals surface area contributed by atoms with Crippen molar-refractivity contribution < 1.29 is 23.6 Å². The van der Waals surface area contributed by atoms with Crippen molar-refractivity contribution in [1.82, 2.24) is 20.4 Å². The fourth-order valence-electron chi connectivity index (χ4n) is 5.63. The Labute approximate surface area is 214 Å². The van der Waals surface area contributed by atoms with Gasteiger partial charge in [-0.05, 0) is 68.9 Å². The summed E-state index contributed by atoms with van der Waals surface area (Å²) >= 11 is 0. The Morgan fingerprint density at radius 3 is 2.65 bits per heavy atom. The van der Waals surface area contributed by atoms with Gasteiger partial charge >= 0.3 is 0 Å². The number of rotatable bonds is 7. The van der Waals surface area contributed by atoms with Crippen LogP contribution in [-0.2, 0) is 9.63 Å². The van der Waals surface area contributed by atoms with Crippen molar-refractivity contribution in [1.29, 1.82) is 0 Å². The van der Waals surface area contributed by atoms with Gasteiger partial charge < -0.3 is 15.0 Å². The zero-order valence-corrected chi connectivity index (χ0v) is 21.1. The monoisotopic (exact) mass is 509 g/mol. The maximum Gasteiger partial charge on any atom is 0.255 e. The smallest absolute Gasteiger partial charge is 0.255 e. The molecule has 1 saturated carbocycles. The fourth-order valence-corrected chi connectivity index (χ4v) is 5.63. The van der Waals surface area contributed by atoms with E-state index in [4.69, 9.17) is 9.57 Å². The molecule has 196 valence electrons. The number of methoxy groups -OCH3 is 1. The van der Waals surface area contributed by atoms with Gasteiger partial charge in [0.1, 0.15) is 11.6 Å². The second-order valence-electron chi connectivity index (χ2n) is 9.70. The second kappa shape index (κ2) is 10.8. The number of benzene rings is 1. The third kappa shape index (κ3) is 5.11. The Morgan fingerprint density at radius 1 is 1.08 bits per heavy atom. The number of anilines is 1. The molecule has 0 spiro atoms. The summed E-state index contributed by atoms with van der Waals surface area (Å²) in [7, 11) is 3.02. The van der Waals surface area contributed by atoms with Crippen LogP contribution in [0.1, 0.15) is 60.5 Å². The lowest BCUT2D eigenvalue weighted by Crippen LogP contribution is -2.40. The number of amides is 2. The number of halogens is 1. The van der Waals surface area contributed by atoms with Crippen molar-refractivity contribution in [2.24, 2.45) is 5.92 Å². The highest BCUT2D eigenvalue weighted by Crippen LogP contribution is 2.40. The average molecular weight is 510 g/mol. The van der Waals surface area contributed by atoms with E-state index in [0.717, 1.165) is 43.5 Å². The number of hydrogen-bond donors (Lipinski definition) is 2. The van der Waals surface area contributed by atoms with Gasteiger partial charge in [0, 0.05) is 36.0 Å². The summed E-state index contributed by atoms with van der Waals surface area (Å²) in [6, 6.07) is 8.54. The van der Waals surface area contributed by atoms with Gasteiger partial charge in [-0.25, -0.2) is 14.4 Å². The largest absolute Gasteiger partial charge is 0.496 e. The molecular weight excluding hydrogens is 477 g/mol. The molecule has 1 aliphatic heterocycles. The topological polar surface area (TPSA) is 97.2 Å². The van der Waals surface area contributed by atoms with Crippen LogP contribution in [0.3, 0.4) is 0 Å². The van der Waals surface area contributed by atoms with Crippen LogP contribution in [-0.4, -0.2) is 48.2 Å². The van der Waals surface area contributed by atoms with Gasteiger partial charge in [-0.3, -0.25) is 14.4 Å². The zero-order chi connectivity index (χ0) is 25.9. The van der Waals surface area contributed by atoms with Crippen LogP contribution in [0.15, 0.2) is 42.7 Å². The molecule has 1 aromatic carbocycles. The number of fused-ring (bicyclic) bond motifs is 1. The van der Waals surface area contributed by atoms with Crippen molar-refractivity contribution in [3.8, 4) is 5.75 Å². The first-order valence-corrected chi connectivity index (χ1v) is 12.7. The molecule has 1 atom stereocenters. The van der Waals surface area contributed by atoms with Crippen LogP contribution < -0.4 is 20.4 Å². The first-order chi connectivity index (χ1) is 18.0. The van der Waals surface area contributed by atoms with E-state index in [1.807, 2.05) is 18.3 Å². The van der Waals surface area contributed by atoms with Crippen LogP contribution in [0, 0.1) is 11.7 Å². The first-order valence-electron chi connectivity index (χ1n) is 12.7. The number of nitrogens with one attached hydrogen (secondary N) is 2. The number of ether oxygens (including phenoxy) is 1. The number of nitrogens with zero attached hydrogens (tertiary/aromatic N) is 3. The number of carbonyl (C=O) groups excluding carboxylic acids is 2. The van der Waals surface area contributed by atoms with E-state index in [-0.39, 0.29) is 35.6 Å². The Kier molecular flexibility index (Phi) is 7.27. The minimum atomic E-state index is -0.291. The molecule has 9 nitrogen and oxygen atoms in total. The molecule has 2 fully saturated rings. The Balaban J connectivity index is 1.33. The lowest BCUT2D eigenvalue weighted by molar-refractivity contribution is -0.136. The van der Waals surface area contributed by atoms with Crippen LogP contribution >= 0.6 is 0 Å². The van der Waals surface area contributed by atoms with Crippen molar-refractivity contribution in [3.63, 3.8) is 0 Å². The Bertz CT molecular complexity index is 1290. The lowest BCUT2D eigenvalue weighted by Gasteiger charge is -2.28. The normalized spacial score (nSPS) is 21.7. The highest BCUT2D eigenvalue weighted by molar-refractivity contribution is 6.01. The van der Waals surface area contributed by atoms with E-state index in [1.165, 1.54) is 13.2 Å². The molecule has 0 radical (unpaired) electrons. The highest BCUT2D eigenvalue weighted by atomic mass is 19.1. The van der Waals surface area contributed by atoms with Gasteiger partial charge in [0.05, 0.1) is 37.5 Å². The van der Waals surface area contributed by atoms with Gasteiger partial charge in [-0.1, -0.05) is 0 Å². The summed E-state index contributed by atoms with van der Waals surface area (Å²) in [4.78, 5) is 32.2. The van der Waals surface area contributed by atoms with Gasteiger partial charge in [0.15, 0.2) is 0 Å². The lowest BCUT2D eigenvalue weighted by atomic mass is 9.85. The van der Waals surface area contributed by atoms with Gasteiger partial charge in [0.2, 0.25) is 5.91 Å². The Hall–Kier alpha value is -3.66. The molecule has 37 heavy (non-hydrogen) atoms. The fraction of sp³-hybridized carbons (Fsp3) is 0.444. The average Bonchev–Trinajstić information content (AvgIpc) is 3.56. The molecule has 0 unspecified atom stereocenters. The summed E-state index contributed by atoms with van der Waals surface area (Å²) in [5, 5.41) is 7.50. The van der Waals surface area contributed by atoms with Crippen molar-refractivity contribution in [2.45, 2.75) is 50.6 Å². The maximum absolute atomic E-state index is 14.1. The summed E-state index contributed by atoms with van der Waals surface area (Å²) in [5.74, 6) is -0.0163. The number of hydrogen-bond acceptors (Lipinski definition) is 6. The van der Waals surface area contributed by atoms with Gasteiger partial charge in [-0.15, -0.1) is 0 Å². The number of hydroxylamine groups is 1. The van der Waals surface area contributed by atoms with E-state index >= 15 is 0 Å². The van der Waals surface area contributed by atoms with E-state index in [9.17, 15) is 14.0 Å². The third-order valence-electron chi connectivity index (χ3n) is 7.52. The van der Waals surface area contributed by atoms with Crippen molar-refractivity contribution >= 4 is 23.0 Å². The molecule has 2 aromatic heterocycles. The number of carbonyl (C=O) groups is 2. The second-order valence-corrected chi connectivity index (χ2v) is 9.70. The zero-order valence-electron chi connectivity index (χ0n) is 21.1. The molecule has 0 bridgehead atoms. The molecule has 2 aliphatic rings. The quantitative estimate of drug-likeness (QED) is 0.471. The summed E-state index contributed by atoms with van der Waals surface area (Å²) in [6.07, 6.45) is 8.11. The molecule has 2 N–H and O–H groups in total. The molecule has 10 heteroatoms. The van der Waals surface area contributed by atoms with Crippen molar-refractivity contribution in [2.75, 3.05) is 25.7 Å². The highest BCUT2D eigenvalue weighted by Gasteiger charge is 2.30. The number of pyridine rings is 1. The van der Waals surface area contributed by atoms with E-state index in [0.29, 0.717) is 29.7 Å². The first kappa shape index (κ1) is 25.0. The van der Waals surface area contributed by atoms with E-state index < -0.39 is 0 Å². The molecule has 3 aromatic rings. The molecule has 3 heterocycles. The van der Waals surface area contributed by atoms with Crippen LogP contribution in [0.4, 0.5) is 10.1 Å². The maximum atomic E-state index is 14.1. The third-order valence-corrected chi connectivity index (χ3v) is 7.52. The molecule has 1 aliphatic carbocycles. The van der Waals surface area contributed by atoms with E-state index in [1.54, 1.807) is 30.0 Å². The Morgan fingerprint density at radius 2 is 1.89 bits per heavy atom. The van der Waals surface area contributed by atoms with E-state index in [2.05, 4.69) is 20.8 Å². The number of aromatic nitrogens is 2. The van der Waals surface area contributed by atoms with Gasteiger partial charge in [0.25, 0.3) is 5.91 Å². The van der Waals surface area contributed by atoms with Crippen LogP contribution in [0.5, 0.6) is 5.75 Å². The molecular formula is C27H32FN5O4. The van der Waals surface area contributed by atoms with Crippen molar-refractivity contribution in [3.05, 3.63) is 59.7 Å². The predicted molar refractivity (Wildman–Crippen MR) is 136 cm³/mol. The minimum Gasteiger partial charge on any atom is -0.496 e. The molecule has 1 saturated heterocycles. The SMILES string of the molecule is CONC(=O)[C@H]1CC[C@H](NC(=O)c2cnn3ccc(N4CCC[C@@H]4c4cc(F)ccc4OC)cc23)CC1. The standard InChI is InChI=1S/C27H32FN5O4/c1-36-25-10-7-18(28)14-21(25)23-4-3-12-32(23)20-11-13-33-24(15-20)22(16-29-33)27(35)30-19-8-5-17(6-9-19)26(34)31-37-2/h7,10-11,13-17,19,23H,3-6,8-9,12H2,1-2H3,(H,30,35)(H,31,34)/t17-,19-,23-/m1/s1. The summed E-state index contributed by atoms with van der Waals surface area (Å²) < 4.78 is 21.3. The predicted octanol–water partition coefficient (Wildman–Crippen LogP) is 3.79. The van der Waals surface area contributed by atoms with Gasteiger partial charge in [-0.2, -0.15) is 5.10 Å². The van der Waals surface area contributed by atoms with Crippen LogP contribution in [0.2, 0.25) is 0 Å². The van der Waals surface area contributed by atoms with Crippen LogP contribution in [0.25, 0.3) is 5.52 Å². The molecule has 5 rings (SSSR count).